The van der Waals surface area contributed by atoms with Gasteiger partial charge in [-0.1, -0.05) is 0 Å². The summed E-state index contributed by atoms with van der Waals surface area (Å²) in [5.41, 5.74) is 1.86. The van der Waals surface area contributed by atoms with Crippen molar-refractivity contribution in [3.8, 4) is 0 Å². The second-order valence-corrected chi connectivity index (χ2v) is 2.73. The lowest BCUT2D eigenvalue weighted by molar-refractivity contribution is 0.569. The number of hydrogen-bond donors (Lipinski definition) is 2. The van der Waals surface area contributed by atoms with Crippen LogP contribution in [0.2, 0.25) is 0 Å². The molecule has 0 amide bonds. The monoisotopic (exact) mass is 178 g/mol. The lowest BCUT2D eigenvalue weighted by atomic mass is 10.4. The lowest BCUT2D eigenvalue weighted by Crippen LogP contribution is -1.99. The average molecular weight is 178 g/mol. The summed E-state index contributed by atoms with van der Waals surface area (Å²) >= 11 is 0. The van der Waals surface area contributed by atoms with Crippen LogP contribution < -0.4 is 5.32 Å². The van der Waals surface area contributed by atoms with E-state index in [-0.39, 0.29) is 0 Å². The van der Waals surface area contributed by atoms with E-state index in [9.17, 15) is 0 Å². The molecule has 2 aromatic rings. The molecule has 0 bridgehead atoms. The SMILES string of the molecule is Cc1coc(NCc2ccn[nH]2)n1. The number of rotatable bonds is 3. The Kier molecular flexibility index (Phi) is 1.99. The second-order valence-electron chi connectivity index (χ2n) is 2.73. The Morgan fingerprint density at radius 1 is 1.62 bits per heavy atom. The zero-order valence-electron chi connectivity index (χ0n) is 7.24. The van der Waals surface area contributed by atoms with Gasteiger partial charge >= 0.3 is 0 Å². The molecule has 13 heavy (non-hydrogen) atoms. The van der Waals surface area contributed by atoms with Gasteiger partial charge in [0.2, 0.25) is 0 Å². The largest absolute Gasteiger partial charge is 0.432 e. The van der Waals surface area contributed by atoms with Gasteiger partial charge in [-0.15, -0.1) is 0 Å². The van der Waals surface area contributed by atoms with Crippen LogP contribution in [0.25, 0.3) is 0 Å². The first kappa shape index (κ1) is 7.85. The Labute approximate surface area is 75.2 Å². The molecule has 0 atom stereocenters. The summed E-state index contributed by atoms with van der Waals surface area (Å²) in [7, 11) is 0. The maximum atomic E-state index is 5.11. The molecular weight excluding hydrogens is 168 g/mol. The minimum Gasteiger partial charge on any atom is -0.432 e. The van der Waals surface area contributed by atoms with Crippen LogP contribution in [0.1, 0.15) is 11.4 Å². The maximum absolute atomic E-state index is 5.11. The topological polar surface area (TPSA) is 66.7 Å². The molecule has 0 spiro atoms. The van der Waals surface area contributed by atoms with Crippen LogP contribution in [0.15, 0.2) is 22.9 Å². The number of aromatic amines is 1. The third kappa shape index (κ3) is 1.87. The van der Waals surface area contributed by atoms with Gasteiger partial charge in [0, 0.05) is 6.20 Å². The number of aromatic nitrogens is 3. The van der Waals surface area contributed by atoms with Crippen LogP contribution >= 0.6 is 0 Å². The highest BCUT2D eigenvalue weighted by Gasteiger charge is 1.99. The summed E-state index contributed by atoms with van der Waals surface area (Å²) in [6, 6.07) is 2.43. The van der Waals surface area contributed by atoms with E-state index in [1.807, 2.05) is 13.0 Å². The van der Waals surface area contributed by atoms with Crippen molar-refractivity contribution in [2.24, 2.45) is 0 Å². The van der Waals surface area contributed by atoms with Gasteiger partial charge in [0.15, 0.2) is 0 Å². The molecule has 0 saturated heterocycles. The summed E-state index contributed by atoms with van der Waals surface area (Å²) in [5, 5.41) is 9.67. The van der Waals surface area contributed by atoms with Gasteiger partial charge < -0.3 is 9.73 Å². The minimum absolute atomic E-state index is 0.534. The van der Waals surface area contributed by atoms with Crippen LogP contribution in [-0.2, 0) is 6.54 Å². The third-order valence-corrected chi connectivity index (χ3v) is 1.61. The number of anilines is 1. The molecule has 0 unspecified atom stereocenters. The molecule has 68 valence electrons. The van der Waals surface area contributed by atoms with Crippen LogP contribution in [-0.4, -0.2) is 15.2 Å². The first-order valence-corrected chi connectivity index (χ1v) is 3.99. The second kappa shape index (κ2) is 3.30. The molecule has 0 radical (unpaired) electrons. The molecule has 2 heterocycles. The van der Waals surface area contributed by atoms with Crippen molar-refractivity contribution >= 4 is 6.01 Å². The number of aryl methyl sites for hydroxylation is 1. The van der Waals surface area contributed by atoms with E-state index < -0.39 is 0 Å². The lowest BCUT2D eigenvalue weighted by Gasteiger charge is -1.96. The predicted molar refractivity (Wildman–Crippen MR) is 47.2 cm³/mol. The van der Waals surface area contributed by atoms with Crippen molar-refractivity contribution in [1.82, 2.24) is 15.2 Å². The summed E-state index contributed by atoms with van der Waals surface area (Å²) in [6.45, 7) is 2.52. The van der Waals surface area contributed by atoms with Crippen LogP contribution in [0.3, 0.4) is 0 Å². The highest BCUT2D eigenvalue weighted by molar-refractivity contribution is 5.22. The zero-order chi connectivity index (χ0) is 9.10. The Bertz CT molecular complexity index is 365. The number of nitrogens with zero attached hydrogens (tertiary/aromatic N) is 2. The van der Waals surface area contributed by atoms with Crippen molar-refractivity contribution in [2.75, 3.05) is 5.32 Å². The van der Waals surface area contributed by atoms with E-state index in [4.69, 9.17) is 4.42 Å². The smallest absolute Gasteiger partial charge is 0.295 e. The van der Waals surface area contributed by atoms with Crippen LogP contribution in [0.5, 0.6) is 0 Å². The molecule has 0 aliphatic rings. The van der Waals surface area contributed by atoms with Crippen molar-refractivity contribution < 1.29 is 4.42 Å². The van der Waals surface area contributed by atoms with E-state index in [1.54, 1.807) is 12.5 Å². The van der Waals surface area contributed by atoms with Crippen molar-refractivity contribution in [3.05, 3.63) is 29.9 Å². The average Bonchev–Trinajstić information content (AvgIpc) is 2.71. The summed E-state index contributed by atoms with van der Waals surface area (Å²) < 4.78 is 5.11. The molecule has 0 aromatic carbocycles. The Morgan fingerprint density at radius 2 is 2.54 bits per heavy atom. The molecule has 5 heteroatoms. The highest BCUT2D eigenvalue weighted by atomic mass is 16.4. The Morgan fingerprint density at radius 3 is 3.15 bits per heavy atom. The molecule has 2 aromatic heterocycles. The standard InChI is InChI=1S/C8H10N4O/c1-6-5-13-8(11-6)9-4-7-2-3-10-12-7/h2-3,5H,4H2,1H3,(H,9,11)(H,10,12). The van der Waals surface area contributed by atoms with E-state index in [1.165, 1.54) is 0 Å². The number of nitrogens with one attached hydrogen (secondary N) is 2. The van der Waals surface area contributed by atoms with Crippen molar-refractivity contribution in [3.63, 3.8) is 0 Å². The third-order valence-electron chi connectivity index (χ3n) is 1.61. The van der Waals surface area contributed by atoms with Gasteiger partial charge in [-0.3, -0.25) is 5.10 Å². The van der Waals surface area contributed by atoms with E-state index in [0.29, 0.717) is 12.6 Å². The van der Waals surface area contributed by atoms with E-state index >= 15 is 0 Å². The van der Waals surface area contributed by atoms with Gasteiger partial charge in [0.25, 0.3) is 6.01 Å². The molecule has 0 aliphatic carbocycles. The van der Waals surface area contributed by atoms with Crippen LogP contribution in [0.4, 0.5) is 6.01 Å². The fraction of sp³-hybridized carbons (Fsp3) is 0.250. The molecule has 0 saturated carbocycles. The Hall–Kier alpha value is -1.78. The molecule has 2 N–H and O–H groups in total. The first-order chi connectivity index (χ1) is 6.34. The fourth-order valence-electron chi connectivity index (χ4n) is 0.989. The highest BCUT2D eigenvalue weighted by Crippen LogP contribution is 2.06. The molecule has 0 fully saturated rings. The number of hydrogen-bond acceptors (Lipinski definition) is 4. The minimum atomic E-state index is 0.534. The summed E-state index contributed by atoms with van der Waals surface area (Å²) in [5.74, 6) is 0. The van der Waals surface area contributed by atoms with Gasteiger partial charge in [-0.05, 0) is 13.0 Å². The predicted octanol–water partition coefficient (Wildman–Crippen LogP) is 1.32. The van der Waals surface area contributed by atoms with Gasteiger partial charge in [0.1, 0.15) is 6.26 Å². The van der Waals surface area contributed by atoms with Crippen molar-refractivity contribution in [1.29, 1.82) is 0 Å². The quantitative estimate of drug-likeness (QED) is 0.743. The fourth-order valence-corrected chi connectivity index (χ4v) is 0.989. The molecular formula is C8H10N4O. The molecule has 0 aliphatic heterocycles. The maximum Gasteiger partial charge on any atom is 0.295 e. The van der Waals surface area contributed by atoms with E-state index in [0.717, 1.165) is 11.4 Å². The number of H-pyrrole nitrogens is 1. The normalized spacial score (nSPS) is 10.2. The number of oxazole rings is 1. The van der Waals surface area contributed by atoms with E-state index in [2.05, 4.69) is 20.5 Å². The Balaban J connectivity index is 1.93. The van der Waals surface area contributed by atoms with Crippen LogP contribution in [0, 0.1) is 6.92 Å². The molecule has 2 rings (SSSR count). The molecule has 5 nitrogen and oxygen atoms in total. The van der Waals surface area contributed by atoms with Gasteiger partial charge in [-0.25, -0.2) is 0 Å². The van der Waals surface area contributed by atoms with Gasteiger partial charge in [-0.2, -0.15) is 10.1 Å². The first-order valence-electron chi connectivity index (χ1n) is 3.99. The summed E-state index contributed by atoms with van der Waals surface area (Å²) in [4.78, 5) is 4.10. The zero-order valence-corrected chi connectivity index (χ0v) is 7.24. The van der Waals surface area contributed by atoms with Crippen molar-refractivity contribution in [2.45, 2.75) is 13.5 Å². The van der Waals surface area contributed by atoms with Gasteiger partial charge in [0.05, 0.1) is 17.9 Å². The summed E-state index contributed by atoms with van der Waals surface area (Å²) in [6.07, 6.45) is 3.31.